The van der Waals surface area contributed by atoms with E-state index in [1.165, 1.54) is 57.8 Å². The summed E-state index contributed by atoms with van der Waals surface area (Å²) in [6.07, 6.45) is 12.3. The molecule has 0 aromatic rings. The minimum absolute atomic E-state index is 0.443. The average Bonchev–Trinajstić information content (AvgIpc) is 2.99. The van der Waals surface area contributed by atoms with Crippen LogP contribution in [-0.2, 0) is 0 Å². The van der Waals surface area contributed by atoms with Gasteiger partial charge in [0.25, 0.3) is 0 Å². The van der Waals surface area contributed by atoms with Gasteiger partial charge in [-0.05, 0) is 18.3 Å². The lowest BCUT2D eigenvalue weighted by Crippen LogP contribution is -2.05. The van der Waals surface area contributed by atoms with Gasteiger partial charge in [-0.1, -0.05) is 71.6 Å². The molecule has 1 saturated carbocycles. The van der Waals surface area contributed by atoms with Crippen LogP contribution in [0.3, 0.4) is 0 Å². The minimum Gasteiger partial charge on any atom is -0.247 e. The number of rotatable bonds is 10. The molecule has 0 heterocycles. The van der Waals surface area contributed by atoms with E-state index in [-0.39, 0.29) is 0 Å². The number of alkyl halides is 1. The summed E-state index contributed by atoms with van der Waals surface area (Å²) in [7, 11) is 0. The maximum absolute atomic E-state index is 13.1. The molecular weight excluding hydrogens is 199 g/mol. The van der Waals surface area contributed by atoms with Gasteiger partial charge in [0, 0.05) is 0 Å². The van der Waals surface area contributed by atoms with Gasteiger partial charge in [0.2, 0.25) is 0 Å². The zero-order valence-corrected chi connectivity index (χ0v) is 11.2. The highest BCUT2D eigenvalue weighted by molar-refractivity contribution is 4.91. The second-order valence-electron chi connectivity index (χ2n) is 5.52. The molecule has 0 aliphatic heterocycles. The smallest absolute Gasteiger partial charge is 0.104 e. The Morgan fingerprint density at radius 2 is 1.44 bits per heavy atom. The van der Waals surface area contributed by atoms with Crippen LogP contribution in [0.4, 0.5) is 4.39 Å². The summed E-state index contributed by atoms with van der Waals surface area (Å²) in [5, 5.41) is 0. The molecule has 1 heteroatoms. The third-order valence-electron chi connectivity index (χ3n) is 3.97. The second-order valence-corrected chi connectivity index (χ2v) is 5.52. The van der Waals surface area contributed by atoms with Crippen LogP contribution in [0.2, 0.25) is 0 Å². The largest absolute Gasteiger partial charge is 0.247 e. The maximum Gasteiger partial charge on any atom is 0.104 e. The molecule has 0 N–H and O–H groups in total. The highest BCUT2D eigenvalue weighted by Gasteiger charge is 2.42. The van der Waals surface area contributed by atoms with E-state index in [9.17, 15) is 4.39 Å². The van der Waals surface area contributed by atoms with E-state index >= 15 is 0 Å². The predicted molar refractivity (Wildman–Crippen MR) is 69.4 cm³/mol. The molecule has 0 saturated heterocycles. The monoisotopic (exact) mass is 228 g/mol. The molecule has 0 amide bonds. The molecule has 16 heavy (non-hydrogen) atoms. The van der Waals surface area contributed by atoms with Crippen molar-refractivity contribution in [2.45, 2.75) is 84.2 Å². The molecule has 1 aliphatic rings. The molecule has 0 aromatic heterocycles. The van der Waals surface area contributed by atoms with Crippen LogP contribution in [-0.4, -0.2) is 6.17 Å². The quantitative estimate of drug-likeness (QED) is 0.432. The van der Waals surface area contributed by atoms with Crippen molar-refractivity contribution in [2.75, 3.05) is 0 Å². The standard InChI is InChI=1S/C15H29F/c1-3-5-7-9-11-13(10-8-6-4-2)14-12-15(14)16/h13-15H,3-12H2,1-2H3/t13?,14?,15-/m1/s1. The molecule has 0 nitrogen and oxygen atoms in total. The maximum atomic E-state index is 13.1. The van der Waals surface area contributed by atoms with Crippen LogP contribution in [0.1, 0.15) is 78.1 Å². The summed E-state index contributed by atoms with van der Waals surface area (Å²) in [4.78, 5) is 0. The molecule has 0 bridgehead atoms. The van der Waals surface area contributed by atoms with Crippen molar-refractivity contribution in [3.63, 3.8) is 0 Å². The van der Waals surface area contributed by atoms with Gasteiger partial charge in [0.1, 0.15) is 6.17 Å². The molecule has 0 aromatic carbocycles. The average molecular weight is 228 g/mol. The van der Waals surface area contributed by atoms with E-state index in [4.69, 9.17) is 0 Å². The van der Waals surface area contributed by atoms with Gasteiger partial charge in [-0.3, -0.25) is 0 Å². The van der Waals surface area contributed by atoms with E-state index < -0.39 is 6.17 Å². The number of hydrogen-bond acceptors (Lipinski definition) is 0. The van der Waals surface area contributed by atoms with Crippen LogP contribution < -0.4 is 0 Å². The first-order valence-corrected chi connectivity index (χ1v) is 7.43. The summed E-state index contributed by atoms with van der Waals surface area (Å²) in [5.74, 6) is 1.15. The Hall–Kier alpha value is -0.0700. The fraction of sp³-hybridized carbons (Fsp3) is 1.00. The first kappa shape index (κ1) is 14.0. The Morgan fingerprint density at radius 3 is 1.94 bits per heavy atom. The van der Waals surface area contributed by atoms with E-state index in [0.29, 0.717) is 11.8 Å². The van der Waals surface area contributed by atoms with E-state index in [2.05, 4.69) is 13.8 Å². The number of unbranched alkanes of at least 4 members (excludes halogenated alkanes) is 5. The molecule has 1 rings (SSSR count). The summed E-state index contributed by atoms with van der Waals surface area (Å²) in [5.41, 5.74) is 0. The van der Waals surface area contributed by atoms with Crippen molar-refractivity contribution in [1.29, 1.82) is 0 Å². The summed E-state index contributed by atoms with van der Waals surface area (Å²) in [6, 6.07) is 0. The van der Waals surface area contributed by atoms with Crippen LogP contribution in [0.25, 0.3) is 0 Å². The molecule has 0 radical (unpaired) electrons. The topological polar surface area (TPSA) is 0 Å². The van der Waals surface area contributed by atoms with Gasteiger partial charge in [-0.2, -0.15) is 0 Å². The fourth-order valence-electron chi connectivity index (χ4n) is 2.73. The highest BCUT2D eigenvalue weighted by Crippen LogP contribution is 2.44. The van der Waals surface area contributed by atoms with Crippen molar-refractivity contribution in [1.82, 2.24) is 0 Å². The molecule has 1 fully saturated rings. The fourth-order valence-corrected chi connectivity index (χ4v) is 2.73. The van der Waals surface area contributed by atoms with Crippen molar-refractivity contribution >= 4 is 0 Å². The van der Waals surface area contributed by atoms with Crippen LogP contribution in [0.5, 0.6) is 0 Å². The Labute approximate surface area is 101 Å². The normalized spacial score (nSPS) is 25.7. The van der Waals surface area contributed by atoms with Gasteiger partial charge < -0.3 is 0 Å². The third-order valence-corrected chi connectivity index (χ3v) is 3.97. The molecule has 96 valence electrons. The molecular formula is C15H29F. The van der Waals surface area contributed by atoms with Gasteiger partial charge in [-0.15, -0.1) is 0 Å². The van der Waals surface area contributed by atoms with Gasteiger partial charge in [-0.25, -0.2) is 4.39 Å². The second kappa shape index (κ2) is 8.08. The minimum atomic E-state index is -0.446. The zero-order chi connectivity index (χ0) is 11.8. The van der Waals surface area contributed by atoms with Crippen molar-refractivity contribution in [3.05, 3.63) is 0 Å². The van der Waals surface area contributed by atoms with Crippen molar-refractivity contribution < 1.29 is 4.39 Å². The van der Waals surface area contributed by atoms with E-state index in [1.807, 2.05) is 0 Å². The number of hydrogen-bond donors (Lipinski definition) is 0. The van der Waals surface area contributed by atoms with Crippen LogP contribution >= 0.6 is 0 Å². The van der Waals surface area contributed by atoms with E-state index in [0.717, 1.165) is 6.42 Å². The SMILES string of the molecule is CCCCCCC(CCCCC)C1C[C@H]1F. The van der Waals surface area contributed by atoms with Crippen molar-refractivity contribution in [2.24, 2.45) is 11.8 Å². The first-order valence-electron chi connectivity index (χ1n) is 7.43. The summed E-state index contributed by atoms with van der Waals surface area (Å²) in [6.45, 7) is 4.49. The van der Waals surface area contributed by atoms with Crippen LogP contribution in [0, 0.1) is 11.8 Å². The summed E-state index contributed by atoms with van der Waals surface area (Å²) >= 11 is 0. The van der Waals surface area contributed by atoms with Crippen molar-refractivity contribution in [3.8, 4) is 0 Å². The first-order chi connectivity index (χ1) is 7.79. The highest BCUT2D eigenvalue weighted by atomic mass is 19.1. The lowest BCUT2D eigenvalue weighted by Gasteiger charge is -2.15. The van der Waals surface area contributed by atoms with Crippen LogP contribution in [0.15, 0.2) is 0 Å². The Bertz CT molecular complexity index is 167. The lowest BCUT2D eigenvalue weighted by molar-refractivity contribution is 0.320. The lowest BCUT2D eigenvalue weighted by atomic mass is 9.90. The van der Waals surface area contributed by atoms with Gasteiger partial charge in [0.15, 0.2) is 0 Å². The number of halogens is 1. The van der Waals surface area contributed by atoms with Gasteiger partial charge in [0.05, 0.1) is 0 Å². The van der Waals surface area contributed by atoms with E-state index in [1.54, 1.807) is 0 Å². The molecule has 0 spiro atoms. The summed E-state index contributed by atoms with van der Waals surface area (Å²) < 4.78 is 13.1. The molecule has 3 atom stereocenters. The molecule has 1 aliphatic carbocycles. The Balaban J connectivity index is 2.11. The van der Waals surface area contributed by atoms with Gasteiger partial charge >= 0.3 is 0 Å². The Kier molecular flexibility index (Phi) is 7.07. The predicted octanol–water partition coefficient (Wildman–Crippen LogP) is 5.51. The zero-order valence-electron chi connectivity index (χ0n) is 11.2. The Morgan fingerprint density at radius 1 is 0.938 bits per heavy atom. The molecule has 2 unspecified atom stereocenters. The third kappa shape index (κ3) is 5.32.